The molecule has 21 heteroatoms. The number of carbonyl (C=O) groups is 2. The summed E-state index contributed by atoms with van der Waals surface area (Å²) in [7, 11) is -10.9. The Hall–Kier alpha value is -3.32. The monoisotopic (exact) mass is 1090 g/mol. The Kier molecular flexibility index (Phi) is 36.1. The second-order valence-corrected chi connectivity index (χ2v) is 22.2. The van der Waals surface area contributed by atoms with Gasteiger partial charge in [0.1, 0.15) is 30.7 Å². The summed E-state index contributed by atoms with van der Waals surface area (Å²) in [5.41, 5.74) is 4.58. The van der Waals surface area contributed by atoms with Crippen molar-refractivity contribution in [3.05, 3.63) is 71.4 Å². The highest BCUT2D eigenvalue weighted by Crippen LogP contribution is 2.60. The summed E-state index contributed by atoms with van der Waals surface area (Å²) in [5.74, 6) is -0.663. The highest BCUT2D eigenvalue weighted by atomic mass is 31.3. The number of phosphoric acid groups is 2. The van der Waals surface area contributed by atoms with Crippen LogP contribution in [0.15, 0.2) is 65.7 Å². The Morgan fingerprint density at radius 1 is 0.757 bits per heavy atom. The molecule has 1 saturated heterocycles. The van der Waals surface area contributed by atoms with Crippen molar-refractivity contribution in [2.24, 2.45) is 5.92 Å². The van der Waals surface area contributed by atoms with Crippen LogP contribution in [-0.2, 0) is 46.3 Å². The van der Waals surface area contributed by atoms with Crippen molar-refractivity contribution < 1.29 is 71.4 Å². The Labute approximate surface area is 440 Å². The van der Waals surface area contributed by atoms with E-state index in [0.717, 1.165) is 61.6 Å². The van der Waals surface area contributed by atoms with Crippen LogP contribution in [0, 0.1) is 5.92 Å². The van der Waals surface area contributed by atoms with Gasteiger partial charge in [-0.1, -0.05) is 179 Å². The molecule has 1 aliphatic rings. The van der Waals surface area contributed by atoms with Crippen LogP contribution < -0.4 is 11.4 Å². The predicted molar refractivity (Wildman–Crippen MR) is 285 cm³/mol. The molecular weight excluding hydrogens is 997 g/mol. The molecule has 74 heavy (non-hydrogen) atoms. The van der Waals surface area contributed by atoms with Crippen LogP contribution in [0.4, 0.5) is 5.82 Å². The summed E-state index contributed by atoms with van der Waals surface area (Å²) >= 11 is 0. The molecule has 0 radical (unpaired) electrons. The average Bonchev–Trinajstić information content (AvgIpc) is 3.63. The summed E-state index contributed by atoms with van der Waals surface area (Å²) in [4.78, 5) is 62.0. The van der Waals surface area contributed by atoms with Gasteiger partial charge in [-0.2, -0.15) is 9.29 Å². The number of nitrogens with two attached hydrogens (primary N) is 1. The van der Waals surface area contributed by atoms with Gasteiger partial charge in [-0.25, -0.2) is 13.9 Å². The largest absolute Gasteiger partial charge is 0.481 e. The molecule has 1 aromatic rings. The molecule has 9 atom stereocenters. The quantitative estimate of drug-likeness (QED) is 0.0116. The fraction of sp³-hybridized carbons (Fsp3) is 0.736. The molecule has 19 nitrogen and oxygen atoms in total. The van der Waals surface area contributed by atoms with Crippen LogP contribution in [0.1, 0.15) is 194 Å². The van der Waals surface area contributed by atoms with Gasteiger partial charge in [0.2, 0.25) is 0 Å². The Morgan fingerprint density at radius 2 is 1.35 bits per heavy atom. The Bertz CT molecular complexity index is 1960. The van der Waals surface area contributed by atoms with Crippen molar-refractivity contribution in [2.45, 2.75) is 224 Å². The second kappa shape index (κ2) is 40.0. The normalized spacial score (nSPS) is 20.1. The Morgan fingerprint density at radius 3 is 1.99 bits per heavy atom. The molecule has 0 aliphatic carbocycles. The highest BCUT2D eigenvalue weighted by molar-refractivity contribution is 7.61. The van der Waals surface area contributed by atoms with Gasteiger partial charge in [0, 0.05) is 19.0 Å². The molecule has 2 heterocycles. The van der Waals surface area contributed by atoms with Crippen molar-refractivity contribution in [1.29, 1.82) is 0 Å². The van der Waals surface area contributed by atoms with Gasteiger partial charge in [-0.3, -0.25) is 23.2 Å². The number of aliphatic hydroxyl groups excluding tert-OH is 3. The number of allylic oxidation sites excluding steroid dienone is 7. The van der Waals surface area contributed by atoms with Crippen LogP contribution in [0.25, 0.3) is 0 Å². The molecule has 0 aromatic carbocycles. The first-order valence-electron chi connectivity index (χ1n) is 27.2. The van der Waals surface area contributed by atoms with Crippen molar-refractivity contribution in [2.75, 3.05) is 25.6 Å². The van der Waals surface area contributed by atoms with Gasteiger partial charge in [0.25, 0.3) is 0 Å². The number of esters is 2. The van der Waals surface area contributed by atoms with E-state index in [2.05, 4.69) is 54.4 Å². The van der Waals surface area contributed by atoms with Gasteiger partial charge in [0.05, 0.1) is 19.3 Å². The van der Waals surface area contributed by atoms with E-state index in [1.54, 1.807) is 12.2 Å². The third kappa shape index (κ3) is 32.3. The molecule has 1 fully saturated rings. The maximum atomic E-state index is 12.9. The molecule has 1 aromatic heterocycles. The summed E-state index contributed by atoms with van der Waals surface area (Å²) in [6.07, 6.45) is 33.5. The van der Waals surface area contributed by atoms with Gasteiger partial charge in [0.15, 0.2) is 12.3 Å². The Balaban J connectivity index is 1.83. The molecule has 0 bridgehead atoms. The number of carbonyl (C=O) groups excluding carboxylic acids is 2. The first-order chi connectivity index (χ1) is 35.5. The maximum Gasteiger partial charge on any atom is 0.481 e. The van der Waals surface area contributed by atoms with Crippen LogP contribution in [-0.4, -0.2) is 96.9 Å². The molecule has 2 rings (SSSR count). The van der Waals surface area contributed by atoms with Gasteiger partial charge in [-0.05, 0) is 56.9 Å². The van der Waals surface area contributed by atoms with E-state index >= 15 is 0 Å². The number of ether oxygens (including phenoxy) is 3. The van der Waals surface area contributed by atoms with E-state index in [0.29, 0.717) is 6.42 Å². The lowest BCUT2D eigenvalue weighted by molar-refractivity contribution is -0.161. The molecule has 0 saturated carbocycles. The number of nitrogens with zero attached hydrogens (tertiary/aromatic N) is 2. The van der Waals surface area contributed by atoms with Crippen LogP contribution in [0.3, 0.4) is 0 Å². The molecule has 0 spiro atoms. The molecule has 0 amide bonds. The van der Waals surface area contributed by atoms with Gasteiger partial charge >= 0.3 is 33.3 Å². The molecular formula is C53H91N3O16P2. The fourth-order valence-electron chi connectivity index (χ4n) is 7.92. The molecule has 424 valence electrons. The number of nitrogen functional groups attached to an aromatic ring is 1. The maximum absolute atomic E-state index is 12.9. The number of anilines is 1. The summed E-state index contributed by atoms with van der Waals surface area (Å²) in [6.45, 7) is 4.31. The topological polar surface area (TPSA) is 286 Å². The minimum atomic E-state index is -5.47. The van der Waals surface area contributed by atoms with Crippen LogP contribution >= 0.6 is 15.6 Å². The zero-order valence-electron chi connectivity index (χ0n) is 44.4. The number of hydrogen-bond donors (Lipinski definition) is 6. The van der Waals surface area contributed by atoms with Crippen molar-refractivity contribution in [3.8, 4) is 0 Å². The van der Waals surface area contributed by atoms with E-state index in [1.165, 1.54) is 96.0 Å². The summed E-state index contributed by atoms with van der Waals surface area (Å²) in [5, 5.41) is 31.3. The number of aromatic nitrogens is 2. The first kappa shape index (κ1) is 66.8. The lowest BCUT2D eigenvalue weighted by atomic mass is 9.99. The third-order valence-corrected chi connectivity index (χ3v) is 15.2. The zero-order valence-corrected chi connectivity index (χ0v) is 46.2. The number of aliphatic hydroxyl groups is 3. The minimum Gasteiger partial charge on any atom is -0.462 e. The second-order valence-electron chi connectivity index (χ2n) is 19.2. The fourth-order valence-corrected chi connectivity index (χ4v) is 10.0. The lowest BCUT2D eigenvalue weighted by Gasteiger charge is -2.21. The number of unbranched alkanes of at least 4 members (excludes halogenated alkanes) is 16. The van der Waals surface area contributed by atoms with Gasteiger partial charge < -0.3 is 45.1 Å². The number of hydrogen-bond acceptors (Lipinski definition) is 16. The number of rotatable bonds is 44. The van der Waals surface area contributed by atoms with Crippen LogP contribution in [0.5, 0.6) is 0 Å². The third-order valence-electron chi connectivity index (χ3n) is 12.6. The summed E-state index contributed by atoms with van der Waals surface area (Å²) in [6, 6.07) is 1.24. The van der Waals surface area contributed by atoms with E-state index < -0.39 is 89.8 Å². The standard InChI is InChI=1S/C53H91N3O16P2/c1-4-6-7-8-9-10-11-14-18-21-24-27-30-34-44(57)35-32-37-49(59)70-45(40-67-48(58)36-31-28-25-22-19-16-13-12-15-17-20-23-26-29-33-43(3)5-2)41-68-73(63,64)72-74(65,66)69-42-46-50(60)51(61)52(71-46)56-39-38-47(54)55-53(56)62/h9-10,14,18,24,27,30,34,38-39,43-46,50-52,57,60-61H,4-8,11-13,15-17,19-23,25-26,28-29,31-33,35-37,40-42H2,1-3H3,(H,63,64)(H,65,66)(H2,54,55,62)/b10-9-,18-14-,27-24-,34-30+/t43?,44-,45+,46+,50+,51+,52+/m0/s1. The van der Waals surface area contributed by atoms with E-state index in [4.69, 9.17) is 29.0 Å². The summed E-state index contributed by atoms with van der Waals surface area (Å²) < 4.78 is 56.7. The SMILES string of the molecule is CCCCC/C=C\C/C=C\C/C=C\C=C\[C@H](O)CCCC(=O)O[C@H](COC(=O)CCCCCCCCCCCCCCCCC(C)CC)COP(=O)(O)OP(=O)(O)OC[C@H]1O[C@@H](n2ccc(N)nc2=O)[C@H](O)[C@@H]1O. The zero-order chi connectivity index (χ0) is 54.5. The van der Waals surface area contributed by atoms with E-state index in [-0.39, 0.29) is 31.5 Å². The van der Waals surface area contributed by atoms with E-state index in [1.807, 2.05) is 12.2 Å². The average molecular weight is 1090 g/mol. The smallest absolute Gasteiger partial charge is 0.462 e. The van der Waals surface area contributed by atoms with Crippen molar-refractivity contribution in [3.63, 3.8) is 0 Å². The highest BCUT2D eigenvalue weighted by Gasteiger charge is 2.46. The molecule has 3 unspecified atom stereocenters. The van der Waals surface area contributed by atoms with E-state index in [9.17, 15) is 48.6 Å². The van der Waals surface area contributed by atoms with Crippen molar-refractivity contribution >= 4 is 33.4 Å². The molecule has 1 aliphatic heterocycles. The first-order valence-corrected chi connectivity index (χ1v) is 30.1. The van der Waals surface area contributed by atoms with Crippen LogP contribution in [0.2, 0.25) is 0 Å². The minimum absolute atomic E-state index is 0.0880. The predicted octanol–water partition coefficient (Wildman–Crippen LogP) is 10.6. The lowest BCUT2D eigenvalue weighted by Crippen LogP contribution is -2.36. The van der Waals surface area contributed by atoms with Gasteiger partial charge in [-0.15, -0.1) is 0 Å². The molecule has 7 N–H and O–H groups in total. The number of phosphoric ester groups is 2. The van der Waals surface area contributed by atoms with Crippen molar-refractivity contribution in [1.82, 2.24) is 9.55 Å².